The van der Waals surface area contributed by atoms with Gasteiger partial charge in [-0.2, -0.15) is 0 Å². The molecule has 0 aromatic heterocycles. The molecular weight excluding hydrogens is 366 g/mol. The van der Waals surface area contributed by atoms with E-state index >= 15 is 0 Å². The summed E-state index contributed by atoms with van der Waals surface area (Å²) in [6.45, 7) is -0.496. The minimum atomic E-state index is -3.57. The average molecular weight is 389 g/mol. The van der Waals surface area contributed by atoms with E-state index in [1.807, 2.05) is 36.4 Å². The van der Waals surface area contributed by atoms with E-state index in [4.69, 9.17) is 4.74 Å². The molecule has 0 heterocycles. The number of sulfone groups is 1. The van der Waals surface area contributed by atoms with E-state index in [0.717, 1.165) is 5.56 Å². The number of nitrogens with zero attached hydrogens (tertiary/aromatic N) is 1. The van der Waals surface area contributed by atoms with Crippen molar-refractivity contribution in [3.63, 3.8) is 0 Å². The molecule has 0 aliphatic rings. The number of anilines is 1. The number of para-hydroxylation sites is 1. The summed E-state index contributed by atoms with van der Waals surface area (Å²) >= 11 is 0. The van der Waals surface area contributed by atoms with Crippen molar-refractivity contribution in [1.82, 2.24) is 0 Å². The third kappa shape index (κ3) is 7.22. The number of amides is 1. The largest absolute Gasteiger partial charge is 0.455 e. The molecule has 0 radical (unpaired) electrons. The summed E-state index contributed by atoms with van der Waals surface area (Å²) in [6, 6.07) is 18.4. The lowest BCUT2D eigenvalue weighted by Gasteiger charge is -2.17. The Morgan fingerprint density at radius 2 is 1.56 bits per heavy atom. The van der Waals surface area contributed by atoms with Crippen molar-refractivity contribution in [3.05, 3.63) is 66.2 Å². The summed E-state index contributed by atoms with van der Waals surface area (Å²) in [5, 5.41) is 0. The zero-order valence-electron chi connectivity index (χ0n) is 15.2. The zero-order valence-corrected chi connectivity index (χ0v) is 16.0. The maximum atomic E-state index is 12.0. The molecule has 2 aromatic carbocycles. The van der Waals surface area contributed by atoms with E-state index in [-0.39, 0.29) is 5.75 Å². The quantitative estimate of drug-likeness (QED) is 0.615. The molecule has 1 amide bonds. The Morgan fingerprint density at radius 3 is 2.19 bits per heavy atom. The molecule has 27 heavy (non-hydrogen) atoms. The SMILES string of the molecule is CN(C(=O)COC(=O)CS(=O)(=O)CCCc1ccccc1)c1ccccc1. The minimum Gasteiger partial charge on any atom is -0.455 e. The van der Waals surface area contributed by atoms with E-state index in [1.54, 1.807) is 31.3 Å². The monoisotopic (exact) mass is 389 g/mol. The summed E-state index contributed by atoms with van der Waals surface area (Å²) in [6.07, 6.45) is 1.05. The Kier molecular flexibility index (Phi) is 7.55. The average Bonchev–Trinajstić information content (AvgIpc) is 2.66. The first-order valence-corrected chi connectivity index (χ1v) is 10.4. The maximum Gasteiger partial charge on any atom is 0.321 e. The van der Waals surface area contributed by atoms with Crippen LogP contribution in [0.5, 0.6) is 0 Å². The van der Waals surface area contributed by atoms with Crippen LogP contribution >= 0.6 is 0 Å². The number of hydrogen-bond acceptors (Lipinski definition) is 5. The highest BCUT2D eigenvalue weighted by Crippen LogP contribution is 2.11. The Labute approximate surface area is 159 Å². The number of carbonyl (C=O) groups excluding carboxylic acids is 2. The van der Waals surface area contributed by atoms with E-state index in [2.05, 4.69) is 0 Å². The van der Waals surface area contributed by atoms with Crippen molar-refractivity contribution in [2.75, 3.05) is 30.1 Å². The number of benzene rings is 2. The smallest absolute Gasteiger partial charge is 0.321 e. The third-order valence-corrected chi connectivity index (χ3v) is 5.56. The first kappa shape index (κ1) is 20.6. The molecule has 144 valence electrons. The molecule has 0 bridgehead atoms. The number of esters is 1. The van der Waals surface area contributed by atoms with Gasteiger partial charge in [0.05, 0.1) is 5.75 Å². The fraction of sp³-hybridized carbons (Fsp3) is 0.300. The molecule has 0 saturated carbocycles. The highest BCUT2D eigenvalue weighted by Gasteiger charge is 2.20. The molecule has 0 unspecified atom stereocenters. The van der Waals surface area contributed by atoms with E-state index in [0.29, 0.717) is 18.5 Å². The predicted molar refractivity (Wildman–Crippen MR) is 104 cm³/mol. The lowest BCUT2D eigenvalue weighted by atomic mass is 10.1. The van der Waals surface area contributed by atoms with Gasteiger partial charge in [-0.15, -0.1) is 0 Å². The summed E-state index contributed by atoms with van der Waals surface area (Å²) in [5.41, 5.74) is 1.71. The molecule has 0 spiro atoms. The van der Waals surface area contributed by atoms with E-state index < -0.39 is 34.1 Å². The van der Waals surface area contributed by atoms with Crippen LogP contribution in [-0.4, -0.2) is 45.5 Å². The minimum absolute atomic E-state index is 0.102. The second kappa shape index (κ2) is 9.87. The van der Waals surface area contributed by atoms with Crippen LogP contribution < -0.4 is 4.90 Å². The number of hydrogen-bond donors (Lipinski definition) is 0. The fourth-order valence-electron chi connectivity index (χ4n) is 2.47. The van der Waals surface area contributed by atoms with Crippen LogP contribution in [0.15, 0.2) is 60.7 Å². The highest BCUT2D eigenvalue weighted by molar-refractivity contribution is 7.92. The van der Waals surface area contributed by atoms with Crippen molar-refractivity contribution >= 4 is 27.4 Å². The molecule has 0 saturated heterocycles. The van der Waals surface area contributed by atoms with Gasteiger partial charge in [0.15, 0.2) is 16.4 Å². The van der Waals surface area contributed by atoms with Crippen molar-refractivity contribution in [2.24, 2.45) is 0 Å². The maximum absolute atomic E-state index is 12.0. The van der Waals surface area contributed by atoms with Crippen LogP contribution in [0.1, 0.15) is 12.0 Å². The molecule has 6 nitrogen and oxygen atoms in total. The lowest BCUT2D eigenvalue weighted by Crippen LogP contribution is -2.32. The molecule has 0 N–H and O–H groups in total. The molecule has 0 fully saturated rings. The topological polar surface area (TPSA) is 80.8 Å². The van der Waals surface area contributed by atoms with Crippen molar-refractivity contribution in [1.29, 1.82) is 0 Å². The Morgan fingerprint density at radius 1 is 0.963 bits per heavy atom. The predicted octanol–water partition coefficient (Wildman–Crippen LogP) is 2.24. The van der Waals surface area contributed by atoms with Crippen molar-refractivity contribution in [2.45, 2.75) is 12.8 Å². The molecule has 0 atom stereocenters. The Hall–Kier alpha value is -2.67. The first-order valence-electron chi connectivity index (χ1n) is 8.59. The summed E-state index contributed by atoms with van der Waals surface area (Å²) in [4.78, 5) is 25.2. The van der Waals surface area contributed by atoms with Crippen molar-refractivity contribution in [3.8, 4) is 0 Å². The van der Waals surface area contributed by atoms with Gasteiger partial charge in [-0.25, -0.2) is 8.42 Å². The van der Waals surface area contributed by atoms with Gasteiger partial charge in [0, 0.05) is 12.7 Å². The Balaban J connectivity index is 1.74. The fourth-order valence-corrected chi connectivity index (χ4v) is 3.64. The number of rotatable bonds is 9. The normalized spacial score (nSPS) is 11.0. The van der Waals surface area contributed by atoms with E-state index in [9.17, 15) is 18.0 Å². The van der Waals surface area contributed by atoms with Gasteiger partial charge in [0.2, 0.25) is 0 Å². The molecule has 0 aliphatic heterocycles. The van der Waals surface area contributed by atoms with Gasteiger partial charge < -0.3 is 9.64 Å². The van der Waals surface area contributed by atoms with Crippen LogP contribution in [0.4, 0.5) is 5.69 Å². The molecule has 0 aliphatic carbocycles. The van der Waals surface area contributed by atoms with Crippen LogP contribution in [0.3, 0.4) is 0 Å². The van der Waals surface area contributed by atoms with Gasteiger partial charge in [-0.1, -0.05) is 48.5 Å². The van der Waals surface area contributed by atoms with E-state index in [1.165, 1.54) is 4.90 Å². The Bertz CT molecular complexity index is 850. The number of carbonyl (C=O) groups is 2. The van der Waals surface area contributed by atoms with Gasteiger partial charge in [0.1, 0.15) is 5.75 Å². The van der Waals surface area contributed by atoms with Gasteiger partial charge >= 0.3 is 5.97 Å². The molecule has 2 aromatic rings. The highest BCUT2D eigenvalue weighted by atomic mass is 32.2. The number of likely N-dealkylation sites (N-methyl/N-ethyl adjacent to an activating group) is 1. The van der Waals surface area contributed by atoms with Crippen LogP contribution in [0, 0.1) is 0 Å². The summed E-state index contributed by atoms with van der Waals surface area (Å²) in [5.74, 6) is -2.17. The summed E-state index contributed by atoms with van der Waals surface area (Å²) < 4.78 is 28.9. The zero-order chi connectivity index (χ0) is 19.7. The number of aryl methyl sites for hydroxylation is 1. The van der Waals surface area contributed by atoms with Gasteiger partial charge in [-0.3, -0.25) is 9.59 Å². The first-order chi connectivity index (χ1) is 12.9. The second-order valence-electron chi connectivity index (χ2n) is 6.13. The van der Waals surface area contributed by atoms with Gasteiger partial charge in [0.25, 0.3) is 5.91 Å². The van der Waals surface area contributed by atoms with Crippen LogP contribution in [0.25, 0.3) is 0 Å². The third-order valence-electron chi connectivity index (χ3n) is 3.98. The number of ether oxygens (including phenoxy) is 1. The molecule has 7 heteroatoms. The second-order valence-corrected chi connectivity index (χ2v) is 8.31. The summed E-state index contributed by atoms with van der Waals surface area (Å²) in [7, 11) is -2.01. The lowest BCUT2D eigenvalue weighted by molar-refractivity contribution is -0.145. The van der Waals surface area contributed by atoms with Crippen molar-refractivity contribution < 1.29 is 22.7 Å². The van der Waals surface area contributed by atoms with Gasteiger partial charge in [-0.05, 0) is 30.5 Å². The molecular formula is C20H23NO5S. The van der Waals surface area contributed by atoms with Crippen LogP contribution in [-0.2, 0) is 30.6 Å². The molecule has 2 rings (SSSR count). The standard InChI is InChI=1S/C20H23NO5S/c1-21(18-12-6-3-7-13-18)19(22)15-26-20(23)16-27(24,25)14-8-11-17-9-4-2-5-10-17/h2-7,9-10,12-13H,8,11,14-16H2,1H3. The van der Waals surface area contributed by atoms with Crippen LogP contribution in [0.2, 0.25) is 0 Å².